The minimum atomic E-state index is -1.15. The number of carboxylic acid groups (broad SMARTS) is 2. The van der Waals surface area contributed by atoms with E-state index in [0.29, 0.717) is 5.76 Å². The lowest BCUT2D eigenvalue weighted by molar-refractivity contribution is -0.122. The molecule has 0 unspecified atom stereocenters. The van der Waals surface area contributed by atoms with Crippen LogP contribution in [0, 0.1) is 0 Å². The number of amides is 1. The van der Waals surface area contributed by atoms with Gasteiger partial charge in [-0.25, -0.2) is 9.59 Å². The van der Waals surface area contributed by atoms with Gasteiger partial charge in [0.1, 0.15) is 5.76 Å². The lowest BCUT2D eigenvalue weighted by Gasteiger charge is -2.32. The molecule has 1 saturated heterocycles. The average Bonchev–Trinajstić information content (AvgIpc) is 3.16. The molecular formula is C20H22N2O6. The summed E-state index contributed by atoms with van der Waals surface area (Å²) in [5.74, 6) is -1.76. The predicted molar refractivity (Wildman–Crippen MR) is 99.3 cm³/mol. The van der Waals surface area contributed by atoms with Crippen molar-refractivity contribution in [1.82, 2.24) is 10.2 Å². The lowest BCUT2D eigenvalue weighted by Crippen LogP contribution is -2.41. The number of hydrogen-bond acceptors (Lipinski definition) is 5. The molecule has 1 aliphatic rings. The van der Waals surface area contributed by atoms with Gasteiger partial charge < -0.3 is 19.9 Å². The predicted octanol–water partition coefficient (Wildman–Crippen LogP) is 2.17. The van der Waals surface area contributed by atoms with Gasteiger partial charge in [-0.15, -0.1) is 0 Å². The first-order valence-corrected chi connectivity index (χ1v) is 9.06. The normalized spacial score (nSPS) is 17.2. The van der Waals surface area contributed by atoms with E-state index in [-0.39, 0.29) is 36.2 Å². The second kappa shape index (κ2) is 8.71. The van der Waals surface area contributed by atoms with Crippen LogP contribution in [0.15, 0.2) is 40.8 Å². The van der Waals surface area contributed by atoms with Crippen molar-refractivity contribution < 1.29 is 29.0 Å². The summed E-state index contributed by atoms with van der Waals surface area (Å²) in [5.41, 5.74) is 1.34. The van der Waals surface area contributed by atoms with Gasteiger partial charge in [0.15, 0.2) is 0 Å². The Morgan fingerprint density at radius 3 is 2.46 bits per heavy atom. The van der Waals surface area contributed by atoms with Gasteiger partial charge in [0.2, 0.25) is 11.7 Å². The molecule has 1 aromatic heterocycles. The van der Waals surface area contributed by atoms with Gasteiger partial charge in [-0.2, -0.15) is 0 Å². The molecule has 0 bridgehead atoms. The van der Waals surface area contributed by atoms with Crippen LogP contribution in [0.2, 0.25) is 0 Å². The highest BCUT2D eigenvalue weighted by Gasteiger charge is 2.23. The summed E-state index contributed by atoms with van der Waals surface area (Å²) < 4.78 is 5.12. The number of nitrogens with zero attached hydrogens (tertiary/aromatic N) is 1. The van der Waals surface area contributed by atoms with Crippen LogP contribution in [-0.2, 0) is 11.3 Å². The number of furan rings is 1. The molecule has 0 radical (unpaired) electrons. The van der Waals surface area contributed by atoms with Crippen LogP contribution >= 0.6 is 0 Å². The number of carboxylic acids is 2. The minimum absolute atomic E-state index is 0.139. The molecule has 1 amide bonds. The van der Waals surface area contributed by atoms with Crippen LogP contribution in [0.5, 0.6) is 0 Å². The molecule has 8 heteroatoms. The zero-order valence-electron chi connectivity index (χ0n) is 15.3. The topological polar surface area (TPSA) is 120 Å². The van der Waals surface area contributed by atoms with Gasteiger partial charge in [-0.05, 0) is 55.1 Å². The van der Waals surface area contributed by atoms with Crippen LogP contribution in [0.1, 0.15) is 51.0 Å². The molecule has 3 N–H and O–H groups in total. The molecule has 1 atom stereocenters. The molecule has 148 valence electrons. The number of likely N-dealkylation sites (tertiary alicyclic amines) is 1. The highest BCUT2D eigenvalue weighted by molar-refractivity contribution is 5.87. The molecule has 1 aromatic carbocycles. The number of carbonyl (C=O) groups excluding carboxylic acids is 1. The number of benzene rings is 1. The Morgan fingerprint density at radius 1 is 1.07 bits per heavy atom. The maximum Gasteiger partial charge on any atom is 0.371 e. The van der Waals surface area contributed by atoms with E-state index in [1.165, 1.54) is 12.1 Å². The Kier molecular flexibility index (Phi) is 6.10. The monoisotopic (exact) mass is 386 g/mol. The molecule has 2 aromatic rings. The Morgan fingerprint density at radius 2 is 1.82 bits per heavy atom. The van der Waals surface area contributed by atoms with Crippen molar-refractivity contribution in [2.75, 3.05) is 19.6 Å². The summed E-state index contributed by atoms with van der Waals surface area (Å²) in [7, 11) is 0. The standard InChI is InChI=1S/C20H22N2O6/c23-18(21-10-16-7-8-17(28-16)20(26)27)12-22-9-1-2-15(11-22)13-3-5-14(6-4-13)19(24)25/h3-8,15H,1-2,9-12H2,(H,21,23)(H,24,25)(H,26,27)/t15-/m0/s1. The maximum atomic E-state index is 12.2. The van der Waals surface area contributed by atoms with Crippen molar-refractivity contribution in [3.63, 3.8) is 0 Å². The van der Waals surface area contributed by atoms with E-state index in [1.54, 1.807) is 12.1 Å². The zero-order valence-corrected chi connectivity index (χ0v) is 15.3. The van der Waals surface area contributed by atoms with Gasteiger partial charge in [-0.3, -0.25) is 9.69 Å². The Bertz CT molecular complexity index is 858. The third-order valence-electron chi connectivity index (χ3n) is 4.83. The van der Waals surface area contributed by atoms with Crippen LogP contribution in [-0.4, -0.2) is 52.6 Å². The first kappa shape index (κ1) is 19.6. The summed E-state index contributed by atoms with van der Waals surface area (Å²) in [4.78, 5) is 36.1. The van der Waals surface area contributed by atoms with Crippen molar-refractivity contribution in [3.8, 4) is 0 Å². The summed E-state index contributed by atoms with van der Waals surface area (Å²) in [6, 6.07) is 9.79. The highest BCUT2D eigenvalue weighted by Crippen LogP contribution is 2.27. The van der Waals surface area contributed by atoms with E-state index in [0.717, 1.165) is 31.5 Å². The molecule has 1 fully saturated rings. The summed E-state index contributed by atoms with van der Waals surface area (Å²) in [6.07, 6.45) is 1.95. The smallest absolute Gasteiger partial charge is 0.371 e. The van der Waals surface area contributed by atoms with E-state index in [4.69, 9.17) is 14.6 Å². The number of piperidine rings is 1. The van der Waals surface area contributed by atoms with Gasteiger partial charge in [0.25, 0.3) is 0 Å². The second-order valence-electron chi connectivity index (χ2n) is 6.85. The third kappa shape index (κ3) is 4.98. The number of hydrogen-bond donors (Lipinski definition) is 3. The van der Waals surface area contributed by atoms with Crippen LogP contribution in [0.25, 0.3) is 0 Å². The van der Waals surface area contributed by atoms with E-state index in [9.17, 15) is 14.4 Å². The molecule has 0 spiro atoms. The molecule has 0 aliphatic carbocycles. The fourth-order valence-electron chi connectivity index (χ4n) is 3.40. The molecule has 0 saturated carbocycles. The fourth-order valence-corrected chi connectivity index (χ4v) is 3.40. The quantitative estimate of drug-likeness (QED) is 0.667. The summed E-state index contributed by atoms with van der Waals surface area (Å²) in [6.45, 7) is 1.93. The van der Waals surface area contributed by atoms with Gasteiger partial charge in [-0.1, -0.05) is 12.1 Å². The molecular weight excluding hydrogens is 364 g/mol. The van der Waals surface area contributed by atoms with Gasteiger partial charge in [0, 0.05) is 6.54 Å². The summed E-state index contributed by atoms with van der Waals surface area (Å²) >= 11 is 0. The average molecular weight is 386 g/mol. The van der Waals surface area contributed by atoms with Crippen molar-refractivity contribution in [2.24, 2.45) is 0 Å². The van der Waals surface area contributed by atoms with Gasteiger partial charge in [0.05, 0.1) is 18.7 Å². The molecule has 1 aliphatic heterocycles. The number of aromatic carboxylic acids is 2. The Labute approximate surface area is 161 Å². The van der Waals surface area contributed by atoms with E-state index < -0.39 is 11.9 Å². The SMILES string of the molecule is O=C(CN1CCC[C@H](c2ccc(C(=O)O)cc2)C1)NCc1ccc(C(=O)O)o1. The third-order valence-corrected chi connectivity index (χ3v) is 4.83. The number of rotatable bonds is 7. The van der Waals surface area contributed by atoms with Crippen molar-refractivity contribution >= 4 is 17.8 Å². The van der Waals surface area contributed by atoms with E-state index in [1.807, 2.05) is 12.1 Å². The Hall–Kier alpha value is -3.13. The lowest BCUT2D eigenvalue weighted by atomic mass is 9.90. The van der Waals surface area contributed by atoms with Crippen molar-refractivity contribution in [3.05, 3.63) is 59.0 Å². The first-order chi connectivity index (χ1) is 13.4. The zero-order chi connectivity index (χ0) is 20.1. The molecule has 2 heterocycles. The maximum absolute atomic E-state index is 12.2. The fraction of sp³-hybridized carbons (Fsp3) is 0.350. The highest BCUT2D eigenvalue weighted by atomic mass is 16.4. The number of carbonyl (C=O) groups is 3. The van der Waals surface area contributed by atoms with Crippen LogP contribution in [0.3, 0.4) is 0 Å². The van der Waals surface area contributed by atoms with Crippen molar-refractivity contribution in [1.29, 1.82) is 0 Å². The summed E-state index contributed by atoms with van der Waals surface area (Å²) in [5, 5.41) is 20.6. The van der Waals surface area contributed by atoms with Crippen LogP contribution in [0.4, 0.5) is 0 Å². The molecule has 3 rings (SSSR count). The van der Waals surface area contributed by atoms with Gasteiger partial charge >= 0.3 is 11.9 Å². The van der Waals surface area contributed by atoms with Crippen LogP contribution < -0.4 is 5.32 Å². The minimum Gasteiger partial charge on any atom is -0.478 e. The number of nitrogens with one attached hydrogen (secondary N) is 1. The van der Waals surface area contributed by atoms with E-state index in [2.05, 4.69) is 10.2 Å². The van der Waals surface area contributed by atoms with Crippen molar-refractivity contribution in [2.45, 2.75) is 25.3 Å². The Balaban J connectivity index is 1.50. The largest absolute Gasteiger partial charge is 0.478 e. The molecule has 28 heavy (non-hydrogen) atoms. The first-order valence-electron chi connectivity index (χ1n) is 9.06. The van der Waals surface area contributed by atoms with E-state index >= 15 is 0 Å². The second-order valence-corrected chi connectivity index (χ2v) is 6.85. The molecule has 8 nitrogen and oxygen atoms in total.